The number of hydrogen-bond acceptors (Lipinski definition) is 3. The lowest BCUT2D eigenvalue weighted by molar-refractivity contribution is 0.0254. The van der Waals surface area contributed by atoms with Crippen molar-refractivity contribution in [1.29, 1.82) is 0 Å². The third-order valence-electron chi connectivity index (χ3n) is 4.40. The van der Waals surface area contributed by atoms with Crippen LogP contribution in [0.1, 0.15) is 78.6 Å². The van der Waals surface area contributed by atoms with Gasteiger partial charge in [-0.3, -0.25) is 4.90 Å². The van der Waals surface area contributed by atoms with Gasteiger partial charge >= 0.3 is 0 Å². The first-order valence-electron chi connectivity index (χ1n) is 8.67. The monoisotopic (exact) mass is 287 g/mol. The van der Waals surface area contributed by atoms with Crippen molar-refractivity contribution in [3.8, 4) is 0 Å². The molecule has 0 heterocycles. The predicted octanol–water partition coefficient (Wildman–Crippen LogP) is 3.58. The van der Waals surface area contributed by atoms with Crippen molar-refractivity contribution >= 4 is 0 Å². The van der Waals surface area contributed by atoms with E-state index in [2.05, 4.69) is 25.7 Å². The molecule has 3 nitrogen and oxygen atoms in total. The molecule has 0 aliphatic carbocycles. The molecule has 0 aromatic rings. The van der Waals surface area contributed by atoms with E-state index in [0.29, 0.717) is 13.1 Å². The maximum atomic E-state index is 9.38. The van der Waals surface area contributed by atoms with Crippen LogP contribution in [0.5, 0.6) is 0 Å². The van der Waals surface area contributed by atoms with Crippen molar-refractivity contribution in [3.05, 3.63) is 0 Å². The van der Waals surface area contributed by atoms with Gasteiger partial charge in [-0.15, -0.1) is 0 Å². The standard InChI is InChI=1S/C17H37NO2/c1-4-7-10-17(11-8-5-2,12-9-6-3)18(13-15-19)14-16-20/h19-20H,4-16H2,1-3H3. The summed E-state index contributed by atoms with van der Waals surface area (Å²) in [7, 11) is 0. The Labute approximate surface area is 126 Å². The topological polar surface area (TPSA) is 43.7 Å². The Hall–Kier alpha value is -0.120. The van der Waals surface area contributed by atoms with Gasteiger partial charge in [-0.25, -0.2) is 0 Å². The number of aliphatic hydroxyl groups is 2. The minimum atomic E-state index is 0.187. The summed E-state index contributed by atoms with van der Waals surface area (Å²) >= 11 is 0. The van der Waals surface area contributed by atoms with Gasteiger partial charge in [0.05, 0.1) is 13.2 Å². The molecule has 0 amide bonds. The minimum Gasteiger partial charge on any atom is -0.395 e. The van der Waals surface area contributed by atoms with Gasteiger partial charge in [0.15, 0.2) is 0 Å². The van der Waals surface area contributed by atoms with Gasteiger partial charge in [-0.1, -0.05) is 59.3 Å². The molecule has 2 N–H and O–H groups in total. The first-order chi connectivity index (χ1) is 9.70. The van der Waals surface area contributed by atoms with Crippen LogP contribution in [0, 0.1) is 0 Å². The molecular weight excluding hydrogens is 250 g/mol. The highest BCUT2D eigenvalue weighted by atomic mass is 16.3. The normalized spacial score (nSPS) is 12.3. The average molecular weight is 287 g/mol. The zero-order valence-electron chi connectivity index (χ0n) is 14.0. The maximum absolute atomic E-state index is 9.38. The Morgan fingerprint density at radius 3 is 1.30 bits per heavy atom. The van der Waals surface area contributed by atoms with E-state index >= 15 is 0 Å². The highest BCUT2D eigenvalue weighted by Crippen LogP contribution is 2.33. The third kappa shape index (κ3) is 7.05. The quantitative estimate of drug-likeness (QED) is 0.513. The van der Waals surface area contributed by atoms with Crippen molar-refractivity contribution in [1.82, 2.24) is 4.90 Å². The summed E-state index contributed by atoms with van der Waals surface area (Å²) in [5.41, 5.74) is 0.188. The SMILES string of the molecule is CCCCC(CCCC)(CCCC)N(CCO)CCO. The maximum Gasteiger partial charge on any atom is 0.0558 e. The van der Waals surface area contributed by atoms with Gasteiger partial charge in [0.25, 0.3) is 0 Å². The van der Waals surface area contributed by atoms with Gasteiger partial charge in [0, 0.05) is 18.6 Å². The summed E-state index contributed by atoms with van der Waals surface area (Å²) in [4.78, 5) is 2.37. The van der Waals surface area contributed by atoms with Crippen LogP contribution in [0.2, 0.25) is 0 Å². The van der Waals surface area contributed by atoms with E-state index in [4.69, 9.17) is 0 Å². The number of unbranched alkanes of at least 4 members (excludes halogenated alkanes) is 3. The fourth-order valence-corrected chi connectivity index (χ4v) is 3.19. The van der Waals surface area contributed by atoms with Crippen LogP contribution in [-0.2, 0) is 0 Å². The minimum absolute atomic E-state index is 0.187. The fourth-order valence-electron chi connectivity index (χ4n) is 3.19. The number of hydrogen-bond donors (Lipinski definition) is 2. The Balaban J connectivity index is 5.03. The lowest BCUT2D eigenvalue weighted by atomic mass is 9.80. The molecule has 0 atom stereocenters. The largest absolute Gasteiger partial charge is 0.395 e. The molecule has 0 radical (unpaired) electrons. The predicted molar refractivity (Wildman–Crippen MR) is 87.1 cm³/mol. The summed E-state index contributed by atoms with van der Waals surface area (Å²) in [6, 6.07) is 0. The second kappa shape index (κ2) is 12.6. The fraction of sp³-hybridized carbons (Fsp3) is 1.00. The molecular formula is C17H37NO2. The van der Waals surface area contributed by atoms with Crippen LogP contribution in [0.3, 0.4) is 0 Å². The first kappa shape index (κ1) is 19.9. The summed E-state index contributed by atoms with van der Waals surface area (Å²) in [6.45, 7) is 8.49. The Morgan fingerprint density at radius 2 is 1.05 bits per heavy atom. The molecule has 0 saturated carbocycles. The summed E-state index contributed by atoms with van der Waals surface area (Å²) < 4.78 is 0. The average Bonchev–Trinajstić information content (AvgIpc) is 2.47. The molecule has 0 aliphatic rings. The molecule has 0 unspecified atom stereocenters. The van der Waals surface area contributed by atoms with Gasteiger partial charge in [-0.2, -0.15) is 0 Å². The van der Waals surface area contributed by atoms with Gasteiger partial charge in [0.1, 0.15) is 0 Å². The zero-order chi connectivity index (χ0) is 15.3. The second-order valence-electron chi connectivity index (χ2n) is 5.97. The van der Waals surface area contributed by atoms with Crippen molar-refractivity contribution < 1.29 is 10.2 Å². The molecule has 0 aromatic carbocycles. The molecule has 0 aromatic heterocycles. The van der Waals surface area contributed by atoms with Gasteiger partial charge < -0.3 is 10.2 Å². The third-order valence-corrected chi connectivity index (χ3v) is 4.40. The highest BCUT2D eigenvalue weighted by molar-refractivity contribution is 4.90. The van der Waals surface area contributed by atoms with E-state index in [1.807, 2.05) is 0 Å². The van der Waals surface area contributed by atoms with Crippen LogP contribution in [0.15, 0.2) is 0 Å². The number of rotatable bonds is 14. The van der Waals surface area contributed by atoms with Gasteiger partial charge in [-0.05, 0) is 19.3 Å². The van der Waals surface area contributed by atoms with E-state index in [0.717, 1.165) is 0 Å². The molecule has 0 fully saturated rings. The summed E-state index contributed by atoms with van der Waals surface area (Å²) in [6.07, 6.45) is 10.9. The van der Waals surface area contributed by atoms with Crippen molar-refractivity contribution in [3.63, 3.8) is 0 Å². The number of nitrogens with zero attached hydrogens (tertiary/aromatic N) is 1. The van der Waals surface area contributed by atoms with Crippen molar-refractivity contribution in [2.75, 3.05) is 26.3 Å². The van der Waals surface area contributed by atoms with Crippen molar-refractivity contribution in [2.24, 2.45) is 0 Å². The molecule has 0 aliphatic heterocycles. The molecule has 122 valence electrons. The summed E-state index contributed by atoms with van der Waals surface area (Å²) in [5.74, 6) is 0. The molecule has 20 heavy (non-hydrogen) atoms. The van der Waals surface area contributed by atoms with Crippen LogP contribution >= 0.6 is 0 Å². The van der Waals surface area contributed by atoms with E-state index in [1.165, 1.54) is 57.8 Å². The smallest absolute Gasteiger partial charge is 0.0558 e. The van der Waals surface area contributed by atoms with Crippen LogP contribution < -0.4 is 0 Å². The lowest BCUT2D eigenvalue weighted by Gasteiger charge is -2.45. The van der Waals surface area contributed by atoms with Crippen LogP contribution in [-0.4, -0.2) is 47.0 Å². The number of β-amino-alcohol motifs (C(OH)–C–C–N with tert-alkyl or cyclic N) is 2. The molecule has 0 spiro atoms. The number of aliphatic hydroxyl groups excluding tert-OH is 2. The van der Waals surface area contributed by atoms with Crippen LogP contribution in [0.25, 0.3) is 0 Å². The van der Waals surface area contributed by atoms with E-state index in [9.17, 15) is 10.2 Å². The highest BCUT2D eigenvalue weighted by Gasteiger charge is 2.34. The molecule has 0 rings (SSSR count). The van der Waals surface area contributed by atoms with Gasteiger partial charge in [0.2, 0.25) is 0 Å². The van der Waals surface area contributed by atoms with Crippen LogP contribution in [0.4, 0.5) is 0 Å². The van der Waals surface area contributed by atoms with E-state index < -0.39 is 0 Å². The second-order valence-corrected chi connectivity index (χ2v) is 5.97. The molecule has 0 saturated heterocycles. The molecule has 3 heteroatoms. The Kier molecular flexibility index (Phi) is 12.5. The zero-order valence-corrected chi connectivity index (χ0v) is 14.0. The first-order valence-corrected chi connectivity index (χ1v) is 8.67. The Bertz CT molecular complexity index is 181. The molecule has 0 bridgehead atoms. The summed E-state index contributed by atoms with van der Waals surface area (Å²) in [5, 5.41) is 18.8. The Morgan fingerprint density at radius 1 is 0.700 bits per heavy atom. The van der Waals surface area contributed by atoms with E-state index in [-0.39, 0.29) is 18.8 Å². The van der Waals surface area contributed by atoms with E-state index in [1.54, 1.807) is 0 Å². The lowest BCUT2D eigenvalue weighted by Crippen LogP contribution is -2.51. The van der Waals surface area contributed by atoms with Crippen molar-refractivity contribution in [2.45, 2.75) is 84.1 Å².